The fourth-order valence-electron chi connectivity index (χ4n) is 1.79. The van der Waals surface area contributed by atoms with E-state index in [9.17, 15) is 4.39 Å². The monoisotopic (exact) mass is 352 g/mol. The van der Waals surface area contributed by atoms with E-state index in [2.05, 4.69) is 40.1 Å². The molecule has 0 spiro atoms. The Hall–Kier alpha value is -1.46. The molecule has 1 heterocycles. The van der Waals surface area contributed by atoms with Gasteiger partial charge in [0.05, 0.1) is 0 Å². The molecular formula is C16H18BrFN2O. The lowest BCUT2D eigenvalue weighted by Gasteiger charge is -2.08. The van der Waals surface area contributed by atoms with E-state index < -0.39 is 0 Å². The number of pyridine rings is 1. The number of hydrogen-bond acceptors (Lipinski definition) is 3. The van der Waals surface area contributed by atoms with Gasteiger partial charge in [-0.05, 0) is 30.2 Å². The van der Waals surface area contributed by atoms with Crippen molar-refractivity contribution < 1.29 is 9.13 Å². The highest BCUT2D eigenvalue weighted by Crippen LogP contribution is 2.24. The number of hydrogen-bond donors (Lipinski definition) is 1. The van der Waals surface area contributed by atoms with Crippen molar-refractivity contribution in [2.75, 3.05) is 6.54 Å². The molecule has 0 aliphatic heterocycles. The Morgan fingerprint density at radius 2 is 2.10 bits per heavy atom. The van der Waals surface area contributed by atoms with Crippen molar-refractivity contribution in [2.24, 2.45) is 5.92 Å². The normalized spacial score (nSPS) is 10.9. The van der Waals surface area contributed by atoms with E-state index in [1.54, 1.807) is 18.3 Å². The van der Waals surface area contributed by atoms with Gasteiger partial charge < -0.3 is 10.1 Å². The van der Waals surface area contributed by atoms with Crippen LogP contribution in [0.4, 0.5) is 4.39 Å². The van der Waals surface area contributed by atoms with Crippen molar-refractivity contribution in [1.82, 2.24) is 10.3 Å². The summed E-state index contributed by atoms with van der Waals surface area (Å²) < 4.78 is 19.4. The average Bonchev–Trinajstić information content (AvgIpc) is 2.39. The van der Waals surface area contributed by atoms with Crippen molar-refractivity contribution in [3.8, 4) is 11.6 Å². The van der Waals surface area contributed by atoms with Crippen molar-refractivity contribution in [1.29, 1.82) is 0 Å². The first-order valence-electron chi connectivity index (χ1n) is 6.82. The molecule has 2 rings (SSSR count). The van der Waals surface area contributed by atoms with Crippen LogP contribution in [-0.4, -0.2) is 11.5 Å². The number of rotatable bonds is 6. The molecule has 21 heavy (non-hydrogen) atoms. The van der Waals surface area contributed by atoms with Gasteiger partial charge in [0.15, 0.2) is 0 Å². The minimum absolute atomic E-state index is 0.353. The second-order valence-electron chi connectivity index (χ2n) is 5.24. The summed E-state index contributed by atoms with van der Waals surface area (Å²) in [6, 6.07) is 8.13. The first kappa shape index (κ1) is 15.9. The van der Waals surface area contributed by atoms with Crippen molar-refractivity contribution in [3.05, 3.63) is 52.4 Å². The van der Waals surface area contributed by atoms with Gasteiger partial charge in [-0.25, -0.2) is 9.37 Å². The minimum Gasteiger partial charge on any atom is -0.439 e. The highest BCUT2D eigenvalue weighted by atomic mass is 79.9. The molecule has 0 aliphatic rings. The Balaban J connectivity index is 1.95. The maximum atomic E-state index is 13.3. The molecule has 0 radical (unpaired) electrons. The molecule has 112 valence electrons. The summed E-state index contributed by atoms with van der Waals surface area (Å²) in [7, 11) is 0. The molecule has 0 aliphatic carbocycles. The Bertz CT molecular complexity index is 567. The van der Waals surface area contributed by atoms with Gasteiger partial charge in [0, 0.05) is 29.3 Å². The van der Waals surface area contributed by atoms with Crippen LogP contribution >= 0.6 is 15.9 Å². The van der Waals surface area contributed by atoms with Crippen LogP contribution in [-0.2, 0) is 6.54 Å². The molecule has 0 fully saturated rings. The van der Waals surface area contributed by atoms with Crippen LogP contribution in [0.15, 0.2) is 41.0 Å². The second-order valence-corrected chi connectivity index (χ2v) is 6.15. The zero-order valence-corrected chi connectivity index (χ0v) is 13.7. The lowest BCUT2D eigenvalue weighted by atomic mass is 10.2. The fraction of sp³-hybridized carbons (Fsp3) is 0.312. The molecule has 3 nitrogen and oxygen atoms in total. The van der Waals surface area contributed by atoms with Gasteiger partial charge in [-0.1, -0.05) is 35.8 Å². The third kappa shape index (κ3) is 5.44. The van der Waals surface area contributed by atoms with Crippen LogP contribution in [0, 0.1) is 11.7 Å². The molecule has 0 atom stereocenters. The van der Waals surface area contributed by atoms with E-state index in [0.717, 1.165) is 18.7 Å². The fourth-order valence-corrected chi connectivity index (χ4v) is 2.23. The SMILES string of the molecule is CC(C)CNCc1ccc(Oc2cc(F)cc(Br)c2)nc1. The minimum atomic E-state index is -0.353. The maximum Gasteiger partial charge on any atom is 0.219 e. The van der Waals surface area contributed by atoms with Gasteiger partial charge in [0.2, 0.25) is 5.88 Å². The highest BCUT2D eigenvalue weighted by molar-refractivity contribution is 9.10. The molecule has 0 amide bonds. The predicted octanol–water partition coefficient (Wildman–Crippen LogP) is 4.52. The van der Waals surface area contributed by atoms with Gasteiger partial charge in [-0.15, -0.1) is 0 Å². The third-order valence-corrected chi connectivity index (χ3v) is 3.20. The Kier molecular flexibility index (Phi) is 5.70. The van der Waals surface area contributed by atoms with Crippen LogP contribution in [0.1, 0.15) is 19.4 Å². The van der Waals surface area contributed by atoms with E-state index in [0.29, 0.717) is 22.0 Å². The Morgan fingerprint density at radius 1 is 1.29 bits per heavy atom. The third-order valence-electron chi connectivity index (χ3n) is 2.74. The van der Waals surface area contributed by atoms with E-state index in [1.165, 1.54) is 12.1 Å². The topological polar surface area (TPSA) is 34.1 Å². The summed E-state index contributed by atoms with van der Waals surface area (Å²) in [4.78, 5) is 4.23. The summed E-state index contributed by atoms with van der Waals surface area (Å²) >= 11 is 3.23. The first-order valence-corrected chi connectivity index (χ1v) is 7.62. The standard InChI is InChI=1S/C16H18BrFN2O/c1-11(2)8-19-9-12-3-4-16(20-10-12)21-15-6-13(17)5-14(18)7-15/h3-7,10-11,19H,8-9H2,1-2H3. The molecular weight excluding hydrogens is 335 g/mol. The molecule has 0 saturated heterocycles. The average molecular weight is 353 g/mol. The lowest BCUT2D eigenvalue weighted by Crippen LogP contribution is -2.18. The van der Waals surface area contributed by atoms with E-state index in [-0.39, 0.29) is 5.82 Å². The molecule has 2 aromatic rings. The van der Waals surface area contributed by atoms with Gasteiger partial charge in [0.25, 0.3) is 0 Å². The molecule has 0 saturated carbocycles. The summed E-state index contributed by atoms with van der Waals surface area (Å²) in [5.41, 5.74) is 1.09. The van der Waals surface area contributed by atoms with E-state index in [1.807, 2.05) is 6.07 Å². The second kappa shape index (κ2) is 7.52. The van der Waals surface area contributed by atoms with Crippen molar-refractivity contribution >= 4 is 15.9 Å². The Labute approximate surface area is 132 Å². The van der Waals surface area contributed by atoms with Gasteiger partial charge in [0.1, 0.15) is 11.6 Å². The quantitative estimate of drug-likeness (QED) is 0.829. The van der Waals surface area contributed by atoms with Gasteiger partial charge >= 0.3 is 0 Å². The molecule has 0 unspecified atom stereocenters. The smallest absolute Gasteiger partial charge is 0.219 e. The van der Waals surface area contributed by atoms with Crippen LogP contribution in [0.2, 0.25) is 0 Å². The van der Waals surface area contributed by atoms with E-state index >= 15 is 0 Å². The molecule has 1 aromatic carbocycles. The predicted molar refractivity (Wildman–Crippen MR) is 85.0 cm³/mol. The number of ether oxygens (including phenoxy) is 1. The van der Waals surface area contributed by atoms with Crippen LogP contribution in [0.3, 0.4) is 0 Å². The number of aromatic nitrogens is 1. The lowest BCUT2D eigenvalue weighted by molar-refractivity contribution is 0.457. The van der Waals surface area contributed by atoms with Crippen molar-refractivity contribution in [3.63, 3.8) is 0 Å². The van der Waals surface area contributed by atoms with Crippen LogP contribution in [0.25, 0.3) is 0 Å². The summed E-state index contributed by atoms with van der Waals surface area (Å²) in [6.07, 6.45) is 1.76. The Morgan fingerprint density at radius 3 is 2.71 bits per heavy atom. The number of nitrogens with zero attached hydrogens (tertiary/aromatic N) is 1. The molecule has 5 heteroatoms. The number of benzene rings is 1. The summed E-state index contributed by atoms with van der Waals surface area (Å²) in [5.74, 6) is 1.13. The van der Waals surface area contributed by atoms with Crippen LogP contribution < -0.4 is 10.1 Å². The van der Waals surface area contributed by atoms with Gasteiger partial charge in [-0.3, -0.25) is 0 Å². The summed E-state index contributed by atoms with van der Waals surface area (Å²) in [5, 5.41) is 3.35. The van der Waals surface area contributed by atoms with Gasteiger partial charge in [-0.2, -0.15) is 0 Å². The molecule has 0 bridgehead atoms. The number of nitrogens with one attached hydrogen (secondary N) is 1. The van der Waals surface area contributed by atoms with E-state index in [4.69, 9.17) is 4.74 Å². The molecule has 1 N–H and O–H groups in total. The van der Waals surface area contributed by atoms with Crippen LogP contribution in [0.5, 0.6) is 11.6 Å². The zero-order chi connectivity index (χ0) is 15.2. The molecule has 1 aromatic heterocycles. The zero-order valence-electron chi connectivity index (χ0n) is 12.1. The summed E-state index contributed by atoms with van der Waals surface area (Å²) in [6.45, 7) is 6.07. The maximum absolute atomic E-state index is 13.3. The van der Waals surface area contributed by atoms with Crippen molar-refractivity contribution in [2.45, 2.75) is 20.4 Å². The first-order chi connectivity index (χ1) is 10.0. The largest absolute Gasteiger partial charge is 0.439 e. The number of halogens is 2. The highest BCUT2D eigenvalue weighted by Gasteiger charge is 2.03.